The van der Waals surface area contributed by atoms with Crippen LogP contribution in [0.5, 0.6) is 0 Å². The van der Waals surface area contributed by atoms with Crippen molar-refractivity contribution in [1.29, 1.82) is 0 Å². The molecule has 8 rings (SSSR count). The average Bonchev–Trinajstić information content (AvgIpc) is 3.27. The van der Waals surface area contributed by atoms with Gasteiger partial charge in [0.15, 0.2) is 0 Å². The molecule has 0 saturated heterocycles. The molecule has 0 bridgehead atoms. The predicted molar refractivity (Wildman–Crippen MR) is 169 cm³/mol. The highest BCUT2D eigenvalue weighted by Gasteiger charge is 2.18. The molecule has 0 aliphatic rings. The van der Waals surface area contributed by atoms with Crippen LogP contribution in [0.4, 0.5) is 17.1 Å². The number of fused-ring (bicyclic) bond motifs is 11. The zero-order valence-corrected chi connectivity index (χ0v) is 19.4. The van der Waals surface area contributed by atoms with E-state index in [9.17, 15) is 8.22 Å². The molecule has 0 aliphatic heterocycles. The van der Waals surface area contributed by atoms with Gasteiger partial charge in [-0.3, -0.25) is 0 Å². The first kappa shape index (κ1) is 8.43. The maximum absolute atomic E-state index is 10.1. The van der Waals surface area contributed by atoms with Gasteiger partial charge in [-0.25, -0.2) is 0 Å². The maximum Gasteiger partial charge on any atom is 0.0652 e. The summed E-state index contributed by atoms with van der Waals surface area (Å²) < 4.78 is 222. The van der Waals surface area contributed by atoms with Crippen LogP contribution in [0.1, 0.15) is 34.3 Å². The lowest BCUT2D eigenvalue weighted by atomic mass is 9.87. The number of rotatable bonds is 3. The van der Waals surface area contributed by atoms with Crippen LogP contribution < -0.4 is 4.90 Å². The Morgan fingerprint density at radius 3 is 1.13 bits per heavy atom. The zero-order chi connectivity index (χ0) is 47.5. The minimum atomic E-state index is -1.11. The normalized spacial score (nSPS) is 20.6. The summed E-state index contributed by atoms with van der Waals surface area (Å²) >= 11 is 0. The van der Waals surface area contributed by atoms with Gasteiger partial charge < -0.3 is 4.90 Å². The summed E-state index contributed by atoms with van der Waals surface area (Å²) in [6.45, 7) is 0. The van der Waals surface area contributed by atoms with E-state index >= 15 is 0 Å². The molecule has 0 amide bonds. The van der Waals surface area contributed by atoms with E-state index in [-0.39, 0.29) is 0 Å². The molecule has 0 fully saturated rings. The quantitative estimate of drug-likeness (QED) is 0.209. The van der Waals surface area contributed by atoms with Crippen molar-refractivity contribution in [3.63, 3.8) is 0 Å². The van der Waals surface area contributed by atoms with Crippen molar-refractivity contribution < 1.29 is 34.3 Å². The van der Waals surface area contributed by atoms with Crippen molar-refractivity contribution >= 4 is 70.9 Å². The van der Waals surface area contributed by atoms with E-state index in [2.05, 4.69) is 0 Å². The summed E-state index contributed by atoms with van der Waals surface area (Å²) in [5.74, 6) is 0. The first-order chi connectivity index (χ1) is 29.8. The molecule has 0 atom stereocenters. The number of benzene rings is 8. The van der Waals surface area contributed by atoms with E-state index in [1.54, 1.807) is 0 Å². The Morgan fingerprint density at radius 2 is 0.667 bits per heavy atom. The fourth-order valence-electron chi connectivity index (χ4n) is 4.74. The number of hydrogen-bond donors (Lipinski definition) is 0. The monoisotopic (exact) mass is 520 g/mol. The van der Waals surface area contributed by atoms with Crippen LogP contribution in [0.25, 0.3) is 53.9 Å². The minimum Gasteiger partial charge on any atom is -0.310 e. The second kappa shape index (κ2) is 8.72. The summed E-state index contributed by atoms with van der Waals surface area (Å²) in [4.78, 5) is 0.448. The smallest absolute Gasteiger partial charge is 0.0652 e. The Kier molecular flexibility index (Phi) is 1.88. The van der Waals surface area contributed by atoms with Gasteiger partial charge in [-0.2, -0.15) is 0 Å². The largest absolute Gasteiger partial charge is 0.310 e. The molecule has 8 aromatic carbocycles. The molecule has 0 unspecified atom stereocenters. The Hall–Kier alpha value is -5.14. The van der Waals surface area contributed by atoms with Crippen molar-refractivity contribution in [1.82, 2.24) is 0 Å². The van der Waals surface area contributed by atoms with Gasteiger partial charge in [0.2, 0.25) is 0 Å². The molecule has 0 radical (unpaired) electrons. The molecule has 1 heteroatoms. The van der Waals surface area contributed by atoms with Crippen LogP contribution in [-0.2, 0) is 0 Å². The lowest BCUT2D eigenvalue weighted by Crippen LogP contribution is -2.09. The van der Waals surface area contributed by atoms with Gasteiger partial charge in [-0.15, -0.1) is 0 Å². The van der Waals surface area contributed by atoms with Crippen molar-refractivity contribution in [2.24, 2.45) is 0 Å². The van der Waals surface area contributed by atoms with Gasteiger partial charge >= 0.3 is 0 Å². The molecule has 1 nitrogen and oxygen atoms in total. The molecule has 0 spiro atoms. The van der Waals surface area contributed by atoms with Crippen molar-refractivity contribution in [3.8, 4) is 0 Å². The highest BCUT2D eigenvalue weighted by molar-refractivity contribution is 6.39. The SMILES string of the molecule is [2H]c1c([2H])c([2H])c(N(c2c([2H])c([2H])c([2H])c([2H])c2[2H])c2c([2H])c([2H])c3c4c([2H])c([2H])c([2H])c([2H])c4c4c5c([2H])c([2H])c([2H])c([2H])c5c5c([2H])c([2H])c([2H])c([2H])c5c4c3c2[2H])c([2H])c1[2H]. The fourth-order valence-corrected chi connectivity index (χ4v) is 4.74. The van der Waals surface area contributed by atoms with Crippen molar-refractivity contribution in [2.45, 2.75) is 0 Å². The van der Waals surface area contributed by atoms with Crippen LogP contribution in [0.2, 0.25) is 0 Å². The van der Waals surface area contributed by atoms with Gasteiger partial charge in [-0.05, 0) is 90.1 Å². The van der Waals surface area contributed by atoms with E-state index in [1.807, 2.05) is 0 Å². The standard InChI is InChI=1S/C38H25N/c1-3-13-26(14-4-1)39(27-15-5-2-6-16-27)28-23-24-32-31-19-9-11-21-34(31)37-33-20-10-7-17-29(33)30-18-8-12-22-35(30)38(37)36(32)25-28/h1-25H/i1D,2D,3D,4D,5D,6D,7D,8D,9D,10D,11D,12D,13D,14D,15D,16D,17D,18D,19D,20D,21D,22D,23D,24D,25D. The van der Waals surface area contributed by atoms with Gasteiger partial charge in [-0.1, -0.05) is 115 Å². The lowest BCUT2D eigenvalue weighted by Gasteiger charge is -2.26. The molecular formula is C38H25N. The van der Waals surface area contributed by atoms with E-state index in [4.69, 9.17) is 26.0 Å². The molecular weight excluding hydrogens is 470 g/mol. The summed E-state index contributed by atoms with van der Waals surface area (Å²) in [6.07, 6.45) is 0. The van der Waals surface area contributed by atoms with E-state index in [0.717, 1.165) is 0 Å². The summed E-state index contributed by atoms with van der Waals surface area (Å²) in [6, 6.07) is -23.7. The Bertz CT molecular complexity index is 3410. The van der Waals surface area contributed by atoms with E-state index < -0.39 is 222 Å². The second-order valence-corrected chi connectivity index (χ2v) is 8.26. The van der Waals surface area contributed by atoms with Crippen LogP contribution in [-0.4, -0.2) is 0 Å². The third-order valence-electron chi connectivity index (χ3n) is 6.26. The number of hydrogen-bond acceptors (Lipinski definition) is 1. The Morgan fingerprint density at radius 1 is 0.308 bits per heavy atom. The molecule has 39 heavy (non-hydrogen) atoms. The Labute approximate surface area is 262 Å². The molecule has 8 aromatic rings. The summed E-state index contributed by atoms with van der Waals surface area (Å²) in [7, 11) is 0. The third-order valence-corrected chi connectivity index (χ3v) is 6.26. The highest BCUT2D eigenvalue weighted by Crippen LogP contribution is 2.45. The zero-order valence-electron chi connectivity index (χ0n) is 44.4. The topological polar surface area (TPSA) is 3.24 Å². The van der Waals surface area contributed by atoms with Gasteiger partial charge in [0.25, 0.3) is 0 Å². The average molecular weight is 521 g/mol. The summed E-state index contributed by atoms with van der Waals surface area (Å²) in [5, 5.41) is -5.68. The van der Waals surface area contributed by atoms with Gasteiger partial charge in [0, 0.05) is 17.1 Å². The first-order valence-electron chi connectivity index (χ1n) is 23.9. The van der Waals surface area contributed by atoms with Crippen LogP contribution in [0, 0.1) is 0 Å². The molecule has 0 saturated carbocycles. The first-order valence-corrected chi connectivity index (χ1v) is 11.4. The van der Waals surface area contributed by atoms with Crippen LogP contribution in [0.15, 0.2) is 151 Å². The predicted octanol–water partition coefficient (Wildman–Crippen LogP) is 10.9. The fraction of sp³-hybridized carbons (Fsp3) is 0. The maximum atomic E-state index is 10.1. The molecule has 0 N–H and O–H groups in total. The molecule has 0 heterocycles. The van der Waals surface area contributed by atoms with Crippen LogP contribution >= 0.6 is 0 Å². The number of nitrogens with zero attached hydrogens (tertiary/aromatic N) is 1. The van der Waals surface area contributed by atoms with Gasteiger partial charge in [0.05, 0.1) is 34.3 Å². The Balaban J connectivity index is 1.86. The van der Waals surface area contributed by atoms with E-state index in [1.165, 1.54) is 0 Å². The second-order valence-electron chi connectivity index (χ2n) is 8.26. The highest BCUT2D eigenvalue weighted by atomic mass is 15.1. The molecule has 182 valence electrons. The lowest BCUT2D eigenvalue weighted by molar-refractivity contribution is 1.29. The van der Waals surface area contributed by atoms with E-state index in [0.29, 0.717) is 4.90 Å². The summed E-state index contributed by atoms with van der Waals surface area (Å²) in [5.41, 5.74) is -2.94. The van der Waals surface area contributed by atoms with Crippen LogP contribution in [0.3, 0.4) is 0 Å². The molecule has 0 aromatic heterocycles. The van der Waals surface area contributed by atoms with Gasteiger partial charge in [0.1, 0.15) is 0 Å². The number of anilines is 3. The molecule has 0 aliphatic carbocycles. The minimum absolute atomic E-state index is 0.448. The number of para-hydroxylation sites is 2. The van der Waals surface area contributed by atoms with Crippen molar-refractivity contribution in [2.75, 3.05) is 4.90 Å². The third kappa shape index (κ3) is 3.34. The van der Waals surface area contributed by atoms with Crippen molar-refractivity contribution in [3.05, 3.63) is 151 Å².